The maximum Gasteiger partial charge on any atom is 0.408 e. The van der Waals surface area contributed by atoms with Crippen molar-refractivity contribution in [1.82, 2.24) is 15.6 Å². The highest BCUT2D eigenvalue weighted by Crippen LogP contribution is 2.08. The first kappa shape index (κ1) is 21.9. The number of alkyl carbamates (subject to hydrolysis) is 1. The summed E-state index contributed by atoms with van der Waals surface area (Å²) in [5.41, 5.74) is 0.127. The molecule has 0 saturated carbocycles. The van der Waals surface area contributed by atoms with E-state index in [4.69, 9.17) is 4.74 Å². The van der Waals surface area contributed by atoms with Crippen LogP contribution in [0.15, 0.2) is 24.4 Å². The summed E-state index contributed by atoms with van der Waals surface area (Å²) >= 11 is 0. The molecule has 26 heavy (non-hydrogen) atoms. The van der Waals surface area contributed by atoms with Crippen molar-refractivity contribution in [2.75, 3.05) is 6.54 Å². The Morgan fingerprint density at radius 2 is 1.88 bits per heavy atom. The molecule has 6 heteroatoms. The minimum atomic E-state index is -0.713. The van der Waals surface area contributed by atoms with Gasteiger partial charge < -0.3 is 15.4 Å². The van der Waals surface area contributed by atoms with Crippen LogP contribution >= 0.6 is 0 Å². The molecule has 0 aliphatic carbocycles. The van der Waals surface area contributed by atoms with Gasteiger partial charge in [-0.05, 0) is 39.3 Å². The van der Waals surface area contributed by atoms with Crippen molar-refractivity contribution in [3.05, 3.63) is 30.1 Å². The summed E-state index contributed by atoms with van der Waals surface area (Å²) in [4.78, 5) is 28.8. The number of hydrogen-bond acceptors (Lipinski definition) is 4. The lowest BCUT2D eigenvalue weighted by atomic mass is 10.1. The number of rotatable bonds is 10. The summed E-state index contributed by atoms with van der Waals surface area (Å²) in [7, 11) is 0. The molecular weight excluding hydrogens is 330 g/mol. The normalized spacial score (nSPS) is 12.3. The Hall–Kier alpha value is -2.11. The van der Waals surface area contributed by atoms with Crippen molar-refractivity contribution < 1.29 is 14.3 Å². The highest BCUT2D eigenvalue weighted by atomic mass is 16.6. The Morgan fingerprint density at radius 3 is 2.50 bits per heavy atom. The van der Waals surface area contributed by atoms with Crippen LogP contribution in [0.3, 0.4) is 0 Å². The lowest BCUT2D eigenvalue weighted by Crippen LogP contribution is -2.49. The van der Waals surface area contributed by atoms with Crippen molar-refractivity contribution >= 4 is 12.0 Å². The third kappa shape index (κ3) is 10.0. The fourth-order valence-corrected chi connectivity index (χ4v) is 2.45. The molecule has 0 aromatic carbocycles. The van der Waals surface area contributed by atoms with Gasteiger partial charge in [0.05, 0.1) is 0 Å². The van der Waals surface area contributed by atoms with Crippen LogP contribution in [0.2, 0.25) is 0 Å². The molecule has 0 saturated heterocycles. The molecule has 0 aliphatic heterocycles. The fraction of sp³-hybridized carbons (Fsp3) is 0.650. The average molecular weight is 364 g/mol. The van der Waals surface area contributed by atoms with E-state index in [-0.39, 0.29) is 5.91 Å². The lowest BCUT2D eigenvalue weighted by molar-refractivity contribution is -0.123. The largest absolute Gasteiger partial charge is 0.444 e. The average Bonchev–Trinajstić information content (AvgIpc) is 2.56. The SMILES string of the molecule is CCCCCCCNC(=O)[C@H](Cc1ccccn1)NC(=O)OC(C)(C)C. The Kier molecular flexibility index (Phi) is 9.70. The zero-order chi connectivity index (χ0) is 19.4. The van der Waals surface area contributed by atoms with Gasteiger partial charge in [-0.2, -0.15) is 0 Å². The molecule has 0 radical (unpaired) electrons. The highest BCUT2D eigenvalue weighted by molar-refractivity contribution is 5.85. The topological polar surface area (TPSA) is 80.3 Å². The Balaban J connectivity index is 2.58. The molecule has 1 aromatic rings. The molecular formula is C20H33N3O3. The number of carbonyl (C=O) groups excluding carboxylic acids is 2. The first-order valence-electron chi connectivity index (χ1n) is 9.49. The van der Waals surface area contributed by atoms with Gasteiger partial charge >= 0.3 is 6.09 Å². The third-order valence-electron chi connectivity index (χ3n) is 3.73. The number of hydrogen-bond donors (Lipinski definition) is 2. The van der Waals surface area contributed by atoms with Gasteiger partial charge in [0.1, 0.15) is 11.6 Å². The van der Waals surface area contributed by atoms with Crippen LogP contribution in [0, 0.1) is 0 Å². The van der Waals surface area contributed by atoms with Gasteiger partial charge in [0, 0.05) is 24.9 Å². The number of pyridine rings is 1. The summed E-state index contributed by atoms with van der Waals surface area (Å²) in [6.45, 7) is 8.15. The van der Waals surface area contributed by atoms with Crippen molar-refractivity contribution in [2.45, 2.75) is 77.9 Å². The molecule has 1 aromatic heterocycles. The first-order chi connectivity index (χ1) is 12.3. The minimum absolute atomic E-state index is 0.211. The van der Waals surface area contributed by atoms with E-state index in [0.717, 1.165) is 18.5 Å². The number of aromatic nitrogens is 1. The summed E-state index contributed by atoms with van der Waals surface area (Å²) in [5.74, 6) is -0.211. The number of nitrogens with one attached hydrogen (secondary N) is 2. The smallest absolute Gasteiger partial charge is 0.408 e. The molecule has 1 atom stereocenters. The van der Waals surface area contributed by atoms with E-state index in [1.807, 2.05) is 18.2 Å². The number of ether oxygens (including phenoxy) is 1. The van der Waals surface area contributed by atoms with Crippen LogP contribution in [0.1, 0.15) is 65.5 Å². The second-order valence-corrected chi connectivity index (χ2v) is 7.43. The van der Waals surface area contributed by atoms with Gasteiger partial charge in [-0.15, -0.1) is 0 Å². The Labute approximate surface area is 157 Å². The minimum Gasteiger partial charge on any atom is -0.444 e. The molecule has 0 fully saturated rings. The predicted molar refractivity (Wildman–Crippen MR) is 103 cm³/mol. The van der Waals surface area contributed by atoms with Crippen LogP contribution < -0.4 is 10.6 Å². The monoisotopic (exact) mass is 363 g/mol. The standard InChI is InChI=1S/C20H33N3O3/c1-5-6-7-8-10-14-22-18(24)17(15-16-12-9-11-13-21-16)23-19(25)26-20(2,3)4/h9,11-13,17H,5-8,10,14-15H2,1-4H3,(H,22,24)(H,23,25)/t17-/m0/s1. The molecule has 1 heterocycles. The molecule has 2 N–H and O–H groups in total. The quantitative estimate of drug-likeness (QED) is 0.622. The molecule has 0 unspecified atom stereocenters. The van der Waals surface area contributed by atoms with E-state index in [9.17, 15) is 9.59 Å². The molecule has 0 bridgehead atoms. The lowest BCUT2D eigenvalue weighted by Gasteiger charge is -2.23. The van der Waals surface area contributed by atoms with Crippen LogP contribution in [0.5, 0.6) is 0 Å². The van der Waals surface area contributed by atoms with Crippen molar-refractivity contribution in [3.63, 3.8) is 0 Å². The second kappa shape index (κ2) is 11.5. The summed E-state index contributed by atoms with van der Waals surface area (Å²) in [5, 5.41) is 5.58. The maximum absolute atomic E-state index is 12.5. The van der Waals surface area contributed by atoms with Gasteiger partial charge in [-0.3, -0.25) is 9.78 Å². The van der Waals surface area contributed by atoms with E-state index in [1.54, 1.807) is 27.0 Å². The third-order valence-corrected chi connectivity index (χ3v) is 3.73. The second-order valence-electron chi connectivity index (χ2n) is 7.43. The van der Waals surface area contributed by atoms with Gasteiger partial charge in [-0.25, -0.2) is 4.79 Å². The maximum atomic E-state index is 12.5. The molecule has 6 nitrogen and oxygen atoms in total. The van der Waals surface area contributed by atoms with Crippen LogP contribution in [0.4, 0.5) is 4.79 Å². The van der Waals surface area contributed by atoms with Crippen molar-refractivity contribution in [1.29, 1.82) is 0 Å². The number of unbranched alkanes of at least 4 members (excludes halogenated alkanes) is 4. The highest BCUT2D eigenvalue weighted by Gasteiger charge is 2.24. The van der Waals surface area contributed by atoms with Gasteiger partial charge in [-0.1, -0.05) is 38.7 Å². The molecule has 2 amide bonds. The van der Waals surface area contributed by atoms with Crippen molar-refractivity contribution in [3.8, 4) is 0 Å². The Morgan fingerprint density at radius 1 is 1.15 bits per heavy atom. The van der Waals surface area contributed by atoms with E-state index < -0.39 is 17.7 Å². The van der Waals surface area contributed by atoms with E-state index in [0.29, 0.717) is 13.0 Å². The van der Waals surface area contributed by atoms with E-state index in [1.165, 1.54) is 19.3 Å². The van der Waals surface area contributed by atoms with E-state index >= 15 is 0 Å². The van der Waals surface area contributed by atoms with Crippen LogP contribution in [0.25, 0.3) is 0 Å². The van der Waals surface area contributed by atoms with Crippen molar-refractivity contribution in [2.24, 2.45) is 0 Å². The zero-order valence-electron chi connectivity index (χ0n) is 16.5. The number of amides is 2. The zero-order valence-corrected chi connectivity index (χ0v) is 16.5. The number of nitrogens with zero attached hydrogens (tertiary/aromatic N) is 1. The molecule has 1 rings (SSSR count). The van der Waals surface area contributed by atoms with Gasteiger partial charge in [0.25, 0.3) is 0 Å². The Bertz CT molecular complexity index is 541. The molecule has 0 spiro atoms. The van der Waals surface area contributed by atoms with Gasteiger partial charge in [0.2, 0.25) is 5.91 Å². The predicted octanol–water partition coefficient (Wildman–Crippen LogP) is 3.60. The number of carbonyl (C=O) groups is 2. The molecule has 0 aliphatic rings. The van der Waals surface area contributed by atoms with E-state index in [2.05, 4.69) is 22.5 Å². The fourth-order valence-electron chi connectivity index (χ4n) is 2.45. The van der Waals surface area contributed by atoms with Gasteiger partial charge in [0.15, 0.2) is 0 Å². The van der Waals surface area contributed by atoms with Crippen LogP contribution in [-0.4, -0.2) is 35.2 Å². The summed E-state index contributed by atoms with van der Waals surface area (Å²) < 4.78 is 5.28. The summed E-state index contributed by atoms with van der Waals surface area (Å²) in [6.07, 6.45) is 7.02. The molecule has 146 valence electrons. The summed E-state index contributed by atoms with van der Waals surface area (Å²) in [6, 6.07) is 4.80. The van der Waals surface area contributed by atoms with Crippen LogP contribution in [-0.2, 0) is 16.0 Å². The first-order valence-corrected chi connectivity index (χ1v) is 9.49.